The zero-order valence-corrected chi connectivity index (χ0v) is 13.3. The lowest BCUT2D eigenvalue weighted by molar-refractivity contribution is 0.232. The molecule has 3 heteroatoms. The van der Waals surface area contributed by atoms with Crippen molar-refractivity contribution in [3.8, 4) is 5.75 Å². The van der Waals surface area contributed by atoms with Gasteiger partial charge in [-0.3, -0.25) is 4.98 Å². The van der Waals surface area contributed by atoms with Crippen molar-refractivity contribution in [1.29, 1.82) is 0 Å². The first kappa shape index (κ1) is 17.0. The van der Waals surface area contributed by atoms with Crippen LogP contribution in [-0.4, -0.2) is 17.6 Å². The highest BCUT2D eigenvalue weighted by molar-refractivity contribution is 5.20. The summed E-state index contributed by atoms with van der Waals surface area (Å²) in [4.78, 5) is 4.43. The van der Waals surface area contributed by atoms with E-state index in [4.69, 9.17) is 10.5 Å². The molecule has 1 heterocycles. The number of hydrogen-bond donors (Lipinski definition) is 1. The smallest absolute Gasteiger partial charge is 0.137 e. The number of unbranched alkanes of at least 4 members (excludes halogenated alkanes) is 1. The number of aromatic nitrogens is 1. The number of hydrogen-bond acceptors (Lipinski definition) is 3. The second-order valence-electron chi connectivity index (χ2n) is 5.59. The van der Waals surface area contributed by atoms with Gasteiger partial charge in [0, 0.05) is 18.2 Å². The maximum absolute atomic E-state index is 5.93. The number of ether oxygens (including phenoxy) is 1. The maximum atomic E-state index is 5.93. The first-order valence-electron chi connectivity index (χ1n) is 8.02. The fraction of sp³-hybridized carbons (Fsp3) is 0.706. The highest BCUT2D eigenvalue weighted by atomic mass is 16.5. The molecule has 0 bridgehead atoms. The highest BCUT2D eigenvalue weighted by Crippen LogP contribution is 2.16. The van der Waals surface area contributed by atoms with Crippen LogP contribution in [0.3, 0.4) is 0 Å². The number of rotatable bonds is 10. The Morgan fingerprint density at radius 3 is 2.55 bits per heavy atom. The Bertz CT molecular complexity index is 351. The number of nitrogens with zero attached hydrogens (tertiary/aromatic N) is 1. The monoisotopic (exact) mass is 278 g/mol. The molecule has 114 valence electrons. The van der Waals surface area contributed by atoms with Gasteiger partial charge < -0.3 is 10.5 Å². The van der Waals surface area contributed by atoms with E-state index in [0.29, 0.717) is 5.92 Å². The van der Waals surface area contributed by atoms with E-state index in [1.807, 2.05) is 18.3 Å². The topological polar surface area (TPSA) is 48.1 Å². The van der Waals surface area contributed by atoms with E-state index in [9.17, 15) is 0 Å². The predicted octanol–water partition coefficient (Wildman–Crippen LogP) is 3.96. The molecule has 2 atom stereocenters. The standard InChI is InChI=1S/C17H30N2O/c1-4-7-8-14(5-2)13-20-17-10-9-16(19-12-17)11-15(18)6-3/h9-10,12,14-15H,4-8,11,13,18H2,1-3H3. The molecule has 0 aromatic carbocycles. The van der Waals surface area contributed by atoms with Gasteiger partial charge in [-0.1, -0.05) is 40.0 Å². The average Bonchev–Trinajstić information content (AvgIpc) is 2.49. The van der Waals surface area contributed by atoms with Crippen molar-refractivity contribution in [3.63, 3.8) is 0 Å². The molecule has 2 N–H and O–H groups in total. The zero-order chi connectivity index (χ0) is 14.8. The SMILES string of the molecule is CCCCC(CC)COc1ccc(CC(N)CC)nc1. The summed E-state index contributed by atoms with van der Waals surface area (Å²) in [7, 11) is 0. The normalized spacial score (nSPS) is 14.0. The van der Waals surface area contributed by atoms with Crippen LogP contribution in [-0.2, 0) is 6.42 Å². The summed E-state index contributed by atoms with van der Waals surface area (Å²) in [5.74, 6) is 1.52. The molecular formula is C17H30N2O. The Morgan fingerprint density at radius 2 is 2.00 bits per heavy atom. The lowest BCUT2D eigenvalue weighted by atomic mass is 10.0. The van der Waals surface area contributed by atoms with Crippen LogP contribution in [0.2, 0.25) is 0 Å². The van der Waals surface area contributed by atoms with Gasteiger partial charge in [-0.25, -0.2) is 0 Å². The molecule has 1 rings (SSSR count). The van der Waals surface area contributed by atoms with Gasteiger partial charge in [0.1, 0.15) is 5.75 Å². The minimum absolute atomic E-state index is 0.202. The Morgan fingerprint density at radius 1 is 1.20 bits per heavy atom. The van der Waals surface area contributed by atoms with Gasteiger partial charge in [-0.15, -0.1) is 0 Å². The summed E-state index contributed by atoms with van der Waals surface area (Å²) in [6.07, 6.45) is 8.61. The molecule has 2 unspecified atom stereocenters. The van der Waals surface area contributed by atoms with E-state index in [1.54, 1.807) is 0 Å². The predicted molar refractivity (Wildman–Crippen MR) is 85.0 cm³/mol. The molecule has 0 radical (unpaired) electrons. The minimum atomic E-state index is 0.202. The molecule has 1 aromatic heterocycles. The van der Waals surface area contributed by atoms with Crippen molar-refractivity contribution in [3.05, 3.63) is 24.0 Å². The second kappa shape index (κ2) is 9.76. The van der Waals surface area contributed by atoms with Gasteiger partial charge in [-0.05, 0) is 30.9 Å². The van der Waals surface area contributed by atoms with E-state index in [1.165, 1.54) is 25.7 Å². The van der Waals surface area contributed by atoms with Crippen LogP contribution < -0.4 is 10.5 Å². The van der Waals surface area contributed by atoms with Gasteiger partial charge in [0.25, 0.3) is 0 Å². The van der Waals surface area contributed by atoms with Crippen LogP contribution in [0.15, 0.2) is 18.3 Å². The van der Waals surface area contributed by atoms with E-state index in [0.717, 1.165) is 30.9 Å². The lowest BCUT2D eigenvalue weighted by Gasteiger charge is -2.15. The average molecular weight is 278 g/mol. The molecule has 0 aliphatic heterocycles. The first-order valence-corrected chi connectivity index (χ1v) is 8.02. The van der Waals surface area contributed by atoms with Crippen molar-refractivity contribution in [2.75, 3.05) is 6.61 Å². The molecule has 0 aliphatic carbocycles. The van der Waals surface area contributed by atoms with E-state index >= 15 is 0 Å². The number of pyridine rings is 1. The van der Waals surface area contributed by atoms with Crippen LogP contribution >= 0.6 is 0 Å². The molecule has 20 heavy (non-hydrogen) atoms. The van der Waals surface area contributed by atoms with Crippen LogP contribution in [0.25, 0.3) is 0 Å². The zero-order valence-electron chi connectivity index (χ0n) is 13.3. The van der Waals surface area contributed by atoms with E-state index < -0.39 is 0 Å². The quantitative estimate of drug-likeness (QED) is 0.705. The third-order valence-corrected chi connectivity index (χ3v) is 3.82. The molecule has 0 spiro atoms. The molecule has 1 aromatic rings. The fourth-order valence-electron chi connectivity index (χ4n) is 2.14. The second-order valence-corrected chi connectivity index (χ2v) is 5.59. The molecule has 0 saturated carbocycles. The van der Waals surface area contributed by atoms with Crippen molar-refractivity contribution in [1.82, 2.24) is 4.98 Å². The van der Waals surface area contributed by atoms with E-state index in [-0.39, 0.29) is 6.04 Å². The molecular weight excluding hydrogens is 248 g/mol. The first-order chi connectivity index (χ1) is 9.69. The van der Waals surface area contributed by atoms with Gasteiger partial charge in [-0.2, -0.15) is 0 Å². The molecule has 0 aliphatic rings. The van der Waals surface area contributed by atoms with Crippen molar-refractivity contribution < 1.29 is 4.74 Å². The summed E-state index contributed by atoms with van der Waals surface area (Å²) in [5.41, 5.74) is 6.98. The summed E-state index contributed by atoms with van der Waals surface area (Å²) in [5, 5.41) is 0. The third-order valence-electron chi connectivity index (χ3n) is 3.82. The Balaban J connectivity index is 2.40. The maximum Gasteiger partial charge on any atom is 0.137 e. The van der Waals surface area contributed by atoms with Gasteiger partial charge in [0.2, 0.25) is 0 Å². The fourth-order valence-corrected chi connectivity index (χ4v) is 2.14. The lowest BCUT2D eigenvalue weighted by Crippen LogP contribution is -2.21. The third kappa shape index (κ3) is 6.38. The van der Waals surface area contributed by atoms with Crippen LogP contribution in [0, 0.1) is 5.92 Å². The highest BCUT2D eigenvalue weighted by Gasteiger charge is 2.07. The minimum Gasteiger partial charge on any atom is -0.492 e. The van der Waals surface area contributed by atoms with Crippen molar-refractivity contribution in [2.24, 2.45) is 11.7 Å². The summed E-state index contributed by atoms with van der Waals surface area (Å²) < 4.78 is 5.85. The molecule has 0 fully saturated rings. The Labute approximate surface area is 123 Å². The molecule has 0 saturated heterocycles. The van der Waals surface area contributed by atoms with Gasteiger partial charge in [0.05, 0.1) is 12.8 Å². The Kier molecular flexibility index (Phi) is 8.28. The summed E-state index contributed by atoms with van der Waals surface area (Å²) in [6, 6.07) is 4.24. The largest absolute Gasteiger partial charge is 0.492 e. The summed E-state index contributed by atoms with van der Waals surface area (Å²) in [6.45, 7) is 7.36. The van der Waals surface area contributed by atoms with Crippen LogP contribution in [0.4, 0.5) is 0 Å². The van der Waals surface area contributed by atoms with Gasteiger partial charge in [0.15, 0.2) is 0 Å². The van der Waals surface area contributed by atoms with Crippen LogP contribution in [0.5, 0.6) is 5.75 Å². The molecule has 0 amide bonds. The van der Waals surface area contributed by atoms with Crippen molar-refractivity contribution >= 4 is 0 Å². The van der Waals surface area contributed by atoms with Crippen LogP contribution in [0.1, 0.15) is 58.6 Å². The number of nitrogens with two attached hydrogens (primary N) is 1. The molecule has 3 nitrogen and oxygen atoms in total. The Hall–Kier alpha value is -1.09. The van der Waals surface area contributed by atoms with Gasteiger partial charge >= 0.3 is 0 Å². The summed E-state index contributed by atoms with van der Waals surface area (Å²) >= 11 is 0. The van der Waals surface area contributed by atoms with E-state index in [2.05, 4.69) is 25.8 Å². The van der Waals surface area contributed by atoms with Crippen molar-refractivity contribution in [2.45, 2.75) is 65.3 Å².